The Balaban J connectivity index is 1.57. The maximum atomic E-state index is 12.5. The average Bonchev–Trinajstić information content (AvgIpc) is 3.25. The van der Waals surface area contributed by atoms with Gasteiger partial charge in [-0.1, -0.05) is 0 Å². The molecule has 120 valence electrons. The van der Waals surface area contributed by atoms with Gasteiger partial charge in [0.2, 0.25) is 0 Å². The summed E-state index contributed by atoms with van der Waals surface area (Å²) >= 11 is 1.55. The van der Waals surface area contributed by atoms with Gasteiger partial charge < -0.3 is 15.4 Å². The lowest BCUT2D eigenvalue weighted by molar-refractivity contribution is -0.118. The number of hydrogen-bond acceptors (Lipinski definition) is 5. The van der Waals surface area contributed by atoms with E-state index in [0.717, 1.165) is 5.56 Å². The van der Waals surface area contributed by atoms with Crippen LogP contribution in [0.2, 0.25) is 0 Å². The van der Waals surface area contributed by atoms with Gasteiger partial charge >= 0.3 is 0 Å². The Bertz CT molecular complexity index is 917. The van der Waals surface area contributed by atoms with Crippen molar-refractivity contribution in [1.29, 1.82) is 0 Å². The third-order valence-electron chi connectivity index (χ3n) is 3.57. The van der Waals surface area contributed by atoms with Gasteiger partial charge in [0, 0.05) is 22.7 Å². The molecular formula is C16H12N4O3S. The van der Waals surface area contributed by atoms with Gasteiger partial charge in [-0.15, -0.1) is 0 Å². The van der Waals surface area contributed by atoms with Crippen molar-refractivity contribution < 1.29 is 14.3 Å². The molecule has 1 aliphatic heterocycles. The van der Waals surface area contributed by atoms with E-state index in [-0.39, 0.29) is 18.4 Å². The van der Waals surface area contributed by atoms with Crippen LogP contribution in [0.5, 0.6) is 5.75 Å². The number of nitrogens with one attached hydrogen (secondary N) is 3. The van der Waals surface area contributed by atoms with Gasteiger partial charge in [0.1, 0.15) is 5.75 Å². The summed E-state index contributed by atoms with van der Waals surface area (Å²) in [6, 6.07) is 6.99. The van der Waals surface area contributed by atoms with Gasteiger partial charge in [-0.3, -0.25) is 14.7 Å². The molecule has 0 atom stereocenters. The summed E-state index contributed by atoms with van der Waals surface area (Å²) in [5, 5.41) is 16.2. The molecule has 4 rings (SSSR count). The van der Waals surface area contributed by atoms with Crippen LogP contribution in [-0.4, -0.2) is 28.6 Å². The summed E-state index contributed by atoms with van der Waals surface area (Å²) in [4.78, 5) is 23.8. The molecule has 0 fully saturated rings. The SMILES string of the molecule is O=C1COc2cc(NC(=O)c3cn[nH]c3-c3ccsc3)ccc2N1. The van der Waals surface area contributed by atoms with E-state index in [0.29, 0.717) is 28.4 Å². The number of ether oxygens (including phenoxy) is 1. The zero-order valence-corrected chi connectivity index (χ0v) is 13.1. The largest absolute Gasteiger partial charge is 0.482 e. The van der Waals surface area contributed by atoms with E-state index < -0.39 is 0 Å². The third kappa shape index (κ3) is 2.63. The normalized spacial score (nSPS) is 12.9. The third-order valence-corrected chi connectivity index (χ3v) is 4.25. The number of H-pyrrole nitrogens is 1. The van der Waals surface area contributed by atoms with E-state index in [2.05, 4.69) is 20.8 Å². The lowest BCUT2D eigenvalue weighted by Gasteiger charge is -2.18. The highest BCUT2D eigenvalue weighted by Crippen LogP contribution is 2.31. The molecule has 0 saturated heterocycles. The number of carbonyl (C=O) groups excluding carboxylic acids is 2. The number of aromatic nitrogens is 2. The Morgan fingerprint density at radius 2 is 2.25 bits per heavy atom. The Morgan fingerprint density at radius 1 is 1.33 bits per heavy atom. The first-order valence-corrected chi connectivity index (χ1v) is 8.09. The van der Waals surface area contributed by atoms with Gasteiger partial charge in [-0.2, -0.15) is 16.4 Å². The highest BCUT2D eigenvalue weighted by atomic mass is 32.1. The van der Waals surface area contributed by atoms with Crippen LogP contribution in [0.15, 0.2) is 41.2 Å². The molecule has 1 aromatic carbocycles. The summed E-state index contributed by atoms with van der Waals surface area (Å²) in [5.74, 6) is 0.0560. The number of aromatic amines is 1. The van der Waals surface area contributed by atoms with Crippen molar-refractivity contribution in [3.63, 3.8) is 0 Å². The predicted molar refractivity (Wildman–Crippen MR) is 90.4 cm³/mol. The molecule has 0 radical (unpaired) electrons. The zero-order valence-electron chi connectivity index (χ0n) is 12.3. The van der Waals surface area contributed by atoms with Gasteiger partial charge in [-0.25, -0.2) is 0 Å². The number of nitrogens with zero attached hydrogens (tertiary/aromatic N) is 1. The number of fused-ring (bicyclic) bond motifs is 1. The van der Waals surface area contributed by atoms with Crippen LogP contribution in [-0.2, 0) is 4.79 Å². The minimum absolute atomic E-state index is 0.0333. The molecule has 0 unspecified atom stereocenters. The second-order valence-electron chi connectivity index (χ2n) is 5.17. The molecule has 0 spiro atoms. The number of carbonyl (C=O) groups is 2. The fourth-order valence-electron chi connectivity index (χ4n) is 2.44. The fraction of sp³-hybridized carbons (Fsp3) is 0.0625. The Labute approximate surface area is 140 Å². The van der Waals surface area contributed by atoms with Crippen molar-refractivity contribution in [3.8, 4) is 17.0 Å². The van der Waals surface area contributed by atoms with Crippen LogP contribution < -0.4 is 15.4 Å². The molecule has 0 bridgehead atoms. The molecule has 0 aliphatic carbocycles. The lowest BCUT2D eigenvalue weighted by atomic mass is 10.1. The van der Waals surface area contributed by atoms with Gasteiger partial charge in [0.25, 0.3) is 11.8 Å². The van der Waals surface area contributed by atoms with Crippen LogP contribution in [0.25, 0.3) is 11.3 Å². The number of thiophene rings is 1. The van der Waals surface area contributed by atoms with E-state index in [1.165, 1.54) is 6.20 Å². The maximum absolute atomic E-state index is 12.5. The van der Waals surface area contributed by atoms with E-state index in [1.807, 2.05) is 16.8 Å². The van der Waals surface area contributed by atoms with Crippen molar-refractivity contribution in [2.45, 2.75) is 0 Å². The summed E-state index contributed by atoms with van der Waals surface area (Å²) < 4.78 is 5.35. The van der Waals surface area contributed by atoms with E-state index >= 15 is 0 Å². The minimum Gasteiger partial charge on any atom is -0.482 e. The summed E-state index contributed by atoms with van der Waals surface area (Å²) in [7, 11) is 0. The van der Waals surface area contributed by atoms with E-state index in [1.54, 1.807) is 29.5 Å². The molecule has 3 N–H and O–H groups in total. The standard InChI is InChI=1S/C16H12N4O3S/c21-14-7-23-13-5-10(1-2-12(13)19-14)18-16(22)11-6-17-20-15(11)9-3-4-24-8-9/h1-6,8H,7H2,(H,17,20)(H,18,22)(H,19,21). The van der Waals surface area contributed by atoms with E-state index in [4.69, 9.17) is 4.74 Å². The smallest absolute Gasteiger partial charge is 0.262 e. The number of hydrogen-bond donors (Lipinski definition) is 3. The van der Waals surface area contributed by atoms with Crippen LogP contribution in [0.1, 0.15) is 10.4 Å². The Hall–Kier alpha value is -3.13. The number of anilines is 2. The van der Waals surface area contributed by atoms with Crippen LogP contribution >= 0.6 is 11.3 Å². The second kappa shape index (κ2) is 5.82. The molecule has 2 amide bonds. The topological polar surface area (TPSA) is 96.1 Å². The van der Waals surface area contributed by atoms with E-state index in [9.17, 15) is 9.59 Å². The first kappa shape index (κ1) is 14.5. The molecular weight excluding hydrogens is 328 g/mol. The summed E-state index contributed by atoms with van der Waals surface area (Å²) in [6.45, 7) is -0.0333. The first-order valence-electron chi connectivity index (χ1n) is 7.15. The average molecular weight is 340 g/mol. The Kier molecular flexibility index (Phi) is 3.51. The fourth-order valence-corrected chi connectivity index (χ4v) is 3.08. The number of rotatable bonds is 3. The predicted octanol–water partition coefficient (Wildman–Crippen LogP) is 2.72. The van der Waals surface area contributed by atoms with Crippen molar-refractivity contribution >= 4 is 34.5 Å². The maximum Gasteiger partial charge on any atom is 0.262 e. The summed E-state index contributed by atoms with van der Waals surface area (Å²) in [5.41, 5.74) is 3.22. The molecule has 24 heavy (non-hydrogen) atoms. The molecule has 0 saturated carbocycles. The zero-order chi connectivity index (χ0) is 16.5. The first-order chi connectivity index (χ1) is 11.7. The highest BCUT2D eigenvalue weighted by Gasteiger charge is 2.19. The number of benzene rings is 1. The number of amides is 2. The molecule has 1 aliphatic rings. The van der Waals surface area contributed by atoms with Gasteiger partial charge in [0.05, 0.1) is 23.1 Å². The quantitative estimate of drug-likeness (QED) is 0.683. The van der Waals surface area contributed by atoms with Gasteiger partial charge in [0.15, 0.2) is 6.61 Å². The van der Waals surface area contributed by atoms with Crippen LogP contribution in [0.4, 0.5) is 11.4 Å². The molecule has 7 nitrogen and oxygen atoms in total. The molecule has 3 aromatic rings. The Morgan fingerprint density at radius 3 is 3.08 bits per heavy atom. The van der Waals surface area contributed by atoms with Crippen LogP contribution in [0.3, 0.4) is 0 Å². The molecule has 2 aromatic heterocycles. The molecule has 8 heteroatoms. The minimum atomic E-state index is -0.273. The molecule has 3 heterocycles. The highest BCUT2D eigenvalue weighted by molar-refractivity contribution is 7.08. The van der Waals surface area contributed by atoms with Crippen LogP contribution in [0, 0.1) is 0 Å². The van der Waals surface area contributed by atoms with Crippen molar-refractivity contribution in [3.05, 3.63) is 46.8 Å². The van der Waals surface area contributed by atoms with Gasteiger partial charge in [-0.05, 0) is 23.6 Å². The van der Waals surface area contributed by atoms with Crippen molar-refractivity contribution in [1.82, 2.24) is 10.2 Å². The summed E-state index contributed by atoms with van der Waals surface area (Å²) in [6.07, 6.45) is 1.50. The van der Waals surface area contributed by atoms with Crippen molar-refractivity contribution in [2.75, 3.05) is 17.2 Å². The lowest BCUT2D eigenvalue weighted by Crippen LogP contribution is -2.25. The second-order valence-corrected chi connectivity index (χ2v) is 5.95. The monoisotopic (exact) mass is 340 g/mol. The van der Waals surface area contributed by atoms with Crippen molar-refractivity contribution in [2.24, 2.45) is 0 Å².